The summed E-state index contributed by atoms with van der Waals surface area (Å²) in [6.45, 7) is 2.28. The summed E-state index contributed by atoms with van der Waals surface area (Å²) in [6.07, 6.45) is 6.46. The van der Waals surface area contributed by atoms with Crippen molar-refractivity contribution in [1.82, 2.24) is 0 Å². The van der Waals surface area contributed by atoms with Crippen LogP contribution in [0.3, 0.4) is 0 Å². The molecule has 1 heteroatoms. The smallest absolute Gasteiger partial charge is 0.0454 e. The molecule has 0 fully saturated rings. The lowest BCUT2D eigenvalue weighted by atomic mass is 9.68. The normalized spacial score (nSPS) is 11.9. The predicted molar refractivity (Wildman–Crippen MR) is 117 cm³/mol. The Balaban J connectivity index is 2.06. The summed E-state index contributed by atoms with van der Waals surface area (Å²) < 4.78 is 0. The molecule has 3 aromatic rings. The van der Waals surface area contributed by atoms with Gasteiger partial charge in [-0.3, -0.25) is 0 Å². The van der Waals surface area contributed by atoms with Crippen LogP contribution in [-0.2, 0) is 5.41 Å². The van der Waals surface area contributed by atoms with E-state index in [0.717, 1.165) is 15.0 Å². The van der Waals surface area contributed by atoms with Gasteiger partial charge in [0.2, 0.25) is 0 Å². The van der Waals surface area contributed by atoms with Crippen LogP contribution in [0.2, 0.25) is 0 Å². The summed E-state index contributed by atoms with van der Waals surface area (Å²) in [5.74, 6) is 0. The van der Waals surface area contributed by atoms with Gasteiger partial charge < -0.3 is 0 Å². The molecule has 0 aromatic heterocycles. The molecule has 0 nitrogen and oxygen atoms in total. The third-order valence-electron chi connectivity index (χ3n) is 5.18. The van der Waals surface area contributed by atoms with Crippen molar-refractivity contribution in [1.29, 1.82) is 0 Å². The lowest BCUT2D eigenvalue weighted by Gasteiger charge is -2.36. The van der Waals surface area contributed by atoms with E-state index < -0.39 is 0 Å². The quantitative estimate of drug-likeness (QED) is 0.221. The molecule has 26 heavy (non-hydrogen) atoms. The maximum Gasteiger partial charge on any atom is 0.0454 e. The Bertz CT molecular complexity index is 653. The minimum absolute atomic E-state index is 0.0665. The zero-order valence-electron chi connectivity index (χ0n) is 15.7. The van der Waals surface area contributed by atoms with Crippen LogP contribution in [0.25, 0.3) is 0 Å². The lowest BCUT2D eigenvalue weighted by molar-refractivity contribution is 0.598. The highest BCUT2D eigenvalue weighted by molar-refractivity contribution is 7.37. The van der Waals surface area contributed by atoms with Gasteiger partial charge in [0.1, 0.15) is 0 Å². The van der Waals surface area contributed by atoms with Crippen molar-refractivity contribution in [2.75, 3.05) is 12.3 Å². The highest BCUT2D eigenvalue weighted by Crippen LogP contribution is 2.43. The third-order valence-corrected chi connectivity index (χ3v) is 6.49. The van der Waals surface area contributed by atoms with Crippen LogP contribution < -0.4 is 0 Å². The van der Waals surface area contributed by atoms with Crippen LogP contribution in [0.4, 0.5) is 0 Å². The van der Waals surface area contributed by atoms with Crippen LogP contribution in [0, 0.1) is 0 Å². The molecule has 1 atom stereocenters. The second-order valence-corrected chi connectivity index (χ2v) is 8.36. The molecule has 0 aliphatic heterocycles. The van der Waals surface area contributed by atoms with Crippen LogP contribution in [-0.4, -0.2) is 12.3 Å². The van der Waals surface area contributed by atoms with Crippen LogP contribution in [0.5, 0.6) is 0 Å². The summed E-state index contributed by atoms with van der Waals surface area (Å²) in [5.41, 5.74) is 4.14. The Morgan fingerprint density at radius 3 is 1.42 bits per heavy atom. The molecular formula is C25H29P. The predicted octanol–water partition coefficient (Wildman–Crippen LogP) is 6.89. The van der Waals surface area contributed by atoms with Gasteiger partial charge in [-0.15, -0.1) is 8.58 Å². The number of benzene rings is 3. The number of hydrogen-bond donors (Lipinski definition) is 0. The average molecular weight is 360 g/mol. The number of rotatable bonds is 9. The summed E-state index contributed by atoms with van der Waals surface area (Å²) in [4.78, 5) is 0. The fraction of sp³-hybridized carbons (Fsp3) is 0.280. The van der Waals surface area contributed by atoms with Gasteiger partial charge in [-0.2, -0.15) is 0 Å². The first-order valence-electron chi connectivity index (χ1n) is 9.75. The van der Waals surface area contributed by atoms with Gasteiger partial charge in [0.25, 0.3) is 0 Å². The fourth-order valence-electron chi connectivity index (χ4n) is 3.80. The zero-order chi connectivity index (χ0) is 18.1. The molecule has 1 unspecified atom stereocenters. The molecule has 0 spiro atoms. The lowest BCUT2D eigenvalue weighted by Crippen LogP contribution is -2.30. The van der Waals surface area contributed by atoms with Gasteiger partial charge in [0, 0.05) is 5.41 Å². The summed E-state index contributed by atoms with van der Waals surface area (Å²) in [5, 5.41) is 0. The minimum atomic E-state index is -0.0665. The van der Waals surface area contributed by atoms with Gasteiger partial charge in [-0.1, -0.05) is 104 Å². The van der Waals surface area contributed by atoms with Crippen LogP contribution in [0.1, 0.15) is 42.9 Å². The molecule has 0 N–H and O–H groups in total. The first kappa shape index (κ1) is 18.9. The Labute approximate surface area is 160 Å². The Morgan fingerprint density at radius 1 is 0.615 bits per heavy atom. The molecule has 0 bridgehead atoms. The van der Waals surface area contributed by atoms with E-state index in [1.165, 1.54) is 41.9 Å². The number of hydrogen-bond acceptors (Lipinski definition) is 0. The maximum atomic E-state index is 2.30. The number of unbranched alkanes of at least 4 members (excludes halogenated alkanes) is 1. The van der Waals surface area contributed by atoms with Gasteiger partial charge in [0.05, 0.1) is 0 Å². The molecule has 0 heterocycles. The summed E-state index contributed by atoms with van der Waals surface area (Å²) >= 11 is 0. The average Bonchev–Trinajstić information content (AvgIpc) is 2.73. The second-order valence-electron chi connectivity index (χ2n) is 6.86. The highest BCUT2D eigenvalue weighted by atomic mass is 31.1. The van der Waals surface area contributed by atoms with Crippen molar-refractivity contribution < 1.29 is 0 Å². The monoisotopic (exact) mass is 360 g/mol. The van der Waals surface area contributed by atoms with E-state index >= 15 is 0 Å². The van der Waals surface area contributed by atoms with E-state index in [1.807, 2.05) is 0 Å². The largest absolute Gasteiger partial charge is 0.122 e. The third kappa shape index (κ3) is 4.25. The Kier molecular flexibility index (Phi) is 7.04. The van der Waals surface area contributed by atoms with Crippen molar-refractivity contribution in [2.24, 2.45) is 0 Å². The zero-order valence-corrected chi connectivity index (χ0v) is 16.7. The summed E-state index contributed by atoms with van der Waals surface area (Å²) in [7, 11) is 1.05. The van der Waals surface area contributed by atoms with E-state index in [1.54, 1.807) is 0 Å². The SMILES string of the molecule is CCCCPCCC(c1ccccc1)(c1ccccc1)c1ccccc1. The van der Waals surface area contributed by atoms with E-state index in [9.17, 15) is 0 Å². The first-order chi connectivity index (χ1) is 12.9. The molecule has 3 rings (SSSR count). The van der Waals surface area contributed by atoms with E-state index in [0.29, 0.717) is 0 Å². The molecule has 0 aliphatic carbocycles. The van der Waals surface area contributed by atoms with E-state index in [4.69, 9.17) is 0 Å². The molecule has 0 aliphatic rings. The standard InChI is InChI=1S/C25H29P/c1-2-3-20-26-21-19-25(22-13-7-4-8-14-22,23-15-9-5-10-16-23)24-17-11-6-12-18-24/h4-18,26H,2-3,19-21H2,1H3. The van der Waals surface area contributed by atoms with E-state index in [-0.39, 0.29) is 5.41 Å². The maximum absolute atomic E-state index is 2.30. The van der Waals surface area contributed by atoms with Gasteiger partial charge >= 0.3 is 0 Å². The van der Waals surface area contributed by atoms with Crippen molar-refractivity contribution >= 4 is 8.58 Å². The first-order valence-corrected chi connectivity index (χ1v) is 11.2. The minimum Gasteiger partial charge on any atom is -0.122 e. The molecule has 0 saturated heterocycles. The van der Waals surface area contributed by atoms with Gasteiger partial charge in [0.15, 0.2) is 0 Å². The Morgan fingerprint density at radius 2 is 1.04 bits per heavy atom. The van der Waals surface area contributed by atoms with Crippen molar-refractivity contribution in [3.63, 3.8) is 0 Å². The molecule has 3 aromatic carbocycles. The molecule has 134 valence electrons. The Hall–Kier alpha value is -1.91. The van der Waals surface area contributed by atoms with Crippen molar-refractivity contribution in [2.45, 2.75) is 31.6 Å². The molecule has 0 saturated carbocycles. The molecule has 0 amide bonds. The second kappa shape index (κ2) is 9.70. The topological polar surface area (TPSA) is 0 Å². The van der Waals surface area contributed by atoms with E-state index in [2.05, 4.69) is 97.9 Å². The highest BCUT2D eigenvalue weighted by Gasteiger charge is 2.35. The van der Waals surface area contributed by atoms with Crippen molar-refractivity contribution in [3.05, 3.63) is 108 Å². The van der Waals surface area contributed by atoms with Gasteiger partial charge in [-0.05, 0) is 41.9 Å². The van der Waals surface area contributed by atoms with Gasteiger partial charge in [-0.25, -0.2) is 0 Å². The van der Waals surface area contributed by atoms with Crippen molar-refractivity contribution in [3.8, 4) is 0 Å². The fourth-order valence-corrected chi connectivity index (χ4v) is 5.21. The summed E-state index contributed by atoms with van der Waals surface area (Å²) in [6, 6.07) is 33.2. The molecular weight excluding hydrogens is 331 g/mol. The van der Waals surface area contributed by atoms with Crippen LogP contribution >= 0.6 is 8.58 Å². The molecule has 0 radical (unpaired) electrons. The van der Waals surface area contributed by atoms with Crippen LogP contribution in [0.15, 0.2) is 91.0 Å².